The van der Waals surface area contributed by atoms with E-state index >= 15 is 0 Å². The van der Waals surface area contributed by atoms with Gasteiger partial charge >= 0.3 is 12.1 Å². The summed E-state index contributed by atoms with van der Waals surface area (Å²) in [6.07, 6.45) is 0.679. The zero-order chi connectivity index (χ0) is 16.0. The zero-order valence-electron chi connectivity index (χ0n) is 13.8. The minimum absolute atomic E-state index is 0.0263. The third-order valence-corrected chi connectivity index (χ3v) is 3.45. The Labute approximate surface area is 127 Å². The molecule has 1 heterocycles. The molecule has 2 atom stereocenters. The molecule has 0 aromatic heterocycles. The normalized spacial score (nSPS) is 22.9. The summed E-state index contributed by atoms with van der Waals surface area (Å²) in [7, 11) is 0. The molecule has 0 unspecified atom stereocenters. The SMILES string of the molecule is CCOC(=O)C[C@H]1[C@H](NC(=O)OC(C)(C)C)CCN1CC. The Morgan fingerprint density at radius 2 is 1.95 bits per heavy atom. The third kappa shape index (κ3) is 5.91. The van der Waals surface area contributed by atoms with E-state index in [4.69, 9.17) is 9.47 Å². The van der Waals surface area contributed by atoms with Gasteiger partial charge in [0.05, 0.1) is 13.0 Å². The Bertz CT molecular complexity index is 365. The van der Waals surface area contributed by atoms with Crippen molar-refractivity contribution in [3.8, 4) is 0 Å². The maximum Gasteiger partial charge on any atom is 0.407 e. The van der Waals surface area contributed by atoms with Crippen molar-refractivity contribution in [2.24, 2.45) is 0 Å². The van der Waals surface area contributed by atoms with Gasteiger partial charge in [-0.05, 0) is 40.7 Å². The van der Waals surface area contributed by atoms with Crippen molar-refractivity contribution in [3.63, 3.8) is 0 Å². The van der Waals surface area contributed by atoms with Gasteiger partial charge in [0.15, 0.2) is 0 Å². The van der Waals surface area contributed by atoms with E-state index in [1.807, 2.05) is 27.7 Å². The first-order chi connectivity index (χ1) is 9.76. The molecule has 0 aromatic rings. The fraction of sp³-hybridized carbons (Fsp3) is 0.867. The number of likely N-dealkylation sites (tertiary alicyclic amines) is 1. The van der Waals surface area contributed by atoms with E-state index in [1.54, 1.807) is 6.92 Å². The van der Waals surface area contributed by atoms with E-state index in [0.717, 1.165) is 19.5 Å². The van der Waals surface area contributed by atoms with Crippen LogP contribution >= 0.6 is 0 Å². The molecule has 0 aliphatic carbocycles. The van der Waals surface area contributed by atoms with Gasteiger partial charge in [-0.1, -0.05) is 6.92 Å². The van der Waals surface area contributed by atoms with Crippen LogP contribution in [0.1, 0.15) is 47.5 Å². The number of ether oxygens (including phenoxy) is 2. The van der Waals surface area contributed by atoms with Crippen molar-refractivity contribution in [2.45, 2.75) is 65.1 Å². The van der Waals surface area contributed by atoms with E-state index in [2.05, 4.69) is 10.2 Å². The van der Waals surface area contributed by atoms with Crippen LogP contribution in [0, 0.1) is 0 Å². The van der Waals surface area contributed by atoms with Crippen LogP contribution in [-0.2, 0) is 14.3 Å². The topological polar surface area (TPSA) is 67.9 Å². The molecule has 21 heavy (non-hydrogen) atoms. The number of amides is 1. The third-order valence-electron chi connectivity index (χ3n) is 3.45. The second kappa shape index (κ2) is 7.64. The first kappa shape index (κ1) is 17.8. The van der Waals surface area contributed by atoms with Gasteiger partial charge in [0, 0.05) is 18.6 Å². The van der Waals surface area contributed by atoms with E-state index in [1.165, 1.54) is 0 Å². The molecule has 1 amide bonds. The summed E-state index contributed by atoms with van der Waals surface area (Å²) in [5, 5.41) is 2.89. The highest BCUT2D eigenvalue weighted by atomic mass is 16.6. The van der Waals surface area contributed by atoms with Gasteiger partial charge in [-0.15, -0.1) is 0 Å². The van der Waals surface area contributed by atoms with Crippen molar-refractivity contribution in [1.82, 2.24) is 10.2 Å². The summed E-state index contributed by atoms with van der Waals surface area (Å²) in [6.45, 7) is 11.4. The minimum Gasteiger partial charge on any atom is -0.466 e. The first-order valence-electron chi connectivity index (χ1n) is 7.66. The predicted octanol–water partition coefficient (Wildman–Crippen LogP) is 1.93. The van der Waals surface area contributed by atoms with Crippen molar-refractivity contribution in [1.29, 1.82) is 0 Å². The van der Waals surface area contributed by atoms with Crippen LogP contribution in [0.15, 0.2) is 0 Å². The number of nitrogens with one attached hydrogen (secondary N) is 1. The van der Waals surface area contributed by atoms with Crippen molar-refractivity contribution < 1.29 is 19.1 Å². The highest BCUT2D eigenvalue weighted by Crippen LogP contribution is 2.21. The monoisotopic (exact) mass is 300 g/mol. The summed E-state index contributed by atoms with van der Waals surface area (Å²) >= 11 is 0. The fourth-order valence-electron chi connectivity index (χ4n) is 2.60. The van der Waals surface area contributed by atoms with Gasteiger partial charge in [0.2, 0.25) is 0 Å². The van der Waals surface area contributed by atoms with Gasteiger partial charge in [-0.25, -0.2) is 4.79 Å². The molecule has 1 aliphatic heterocycles. The highest BCUT2D eigenvalue weighted by molar-refractivity contribution is 5.71. The van der Waals surface area contributed by atoms with E-state index in [0.29, 0.717) is 13.0 Å². The minimum atomic E-state index is -0.524. The Kier molecular flexibility index (Phi) is 6.45. The average molecular weight is 300 g/mol. The summed E-state index contributed by atoms with van der Waals surface area (Å²) < 4.78 is 10.3. The van der Waals surface area contributed by atoms with Crippen LogP contribution in [0.25, 0.3) is 0 Å². The second-order valence-corrected chi connectivity index (χ2v) is 6.25. The smallest absolute Gasteiger partial charge is 0.407 e. The molecule has 1 N–H and O–H groups in total. The Hall–Kier alpha value is -1.30. The van der Waals surface area contributed by atoms with Crippen LogP contribution in [0.2, 0.25) is 0 Å². The van der Waals surface area contributed by atoms with Gasteiger partial charge in [0.1, 0.15) is 5.60 Å². The summed E-state index contributed by atoms with van der Waals surface area (Å²) in [6, 6.07) is -0.106. The molecule has 1 rings (SSSR count). The van der Waals surface area contributed by atoms with Gasteiger partial charge in [-0.2, -0.15) is 0 Å². The van der Waals surface area contributed by atoms with Gasteiger partial charge < -0.3 is 14.8 Å². The molecule has 1 aliphatic rings. The van der Waals surface area contributed by atoms with E-state index < -0.39 is 11.7 Å². The number of carbonyl (C=O) groups is 2. The Morgan fingerprint density at radius 1 is 1.29 bits per heavy atom. The number of carbonyl (C=O) groups excluding carboxylic acids is 2. The Balaban J connectivity index is 2.62. The lowest BCUT2D eigenvalue weighted by Gasteiger charge is -2.28. The largest absolute Gasteiger partial charge is 0.466 e. The summed E-state index contributed by atoms with van der Waals surface area (Å²) in [4.78, 5) is 25.8. The van der Waals surface area contributed by atoms with Gasteiger partial charge in [-0.3, -0.25) is 9.69 Å². The molecule has 122 valence electrons. The highest BCUT2D eigenvalue weighted by Gasteiger charge is 2.36. The van der Waals surface area contributed by atoms with Gasteiger partial charge in [0.25, 0.3) is 0 Å². The molecule has 0 aromatic carbocycles. The quantitative estimate of drug-likeness (QED) is 0.786. The van der Waals surface area contributed by atoms with Crippen molar-refractivity contribution in [2.75, 3.05) is 19.7 Å². The lowest BCUT2D eigenvalue weighted by Crippen LogP contribution is -2.47. The molecule has 0 spiro atoms. The first-order valence-corrected chi connectivity index (χ1v) is 7.66. The van der Waals surface area contributed by atoms with Crippen LogP contribution in [0.5, 0.6) is 0 Å². The molecule has 1 fully saturated rings. The van der Waals surface area contributed by atoms with Crippen LogP contribution in [0.4, 0.5) is 4.79 Å². The van der Waals surface area contributed by atoms with E-state index in [-0.39, 0.29) is 18.1 Å². The lowest BCUT2D eigenvalue weighted by molar-refractivity contribution is -0.144. The number of nitrogens with zero attached hydrogens (tertiary/aromatic N) is 1. The standard InChI is InChI=1S/C15H28N2O4/c1-6-17-9-8-11(12(17)10-13(18)20-7-2)16-14(19)21-15(3,4)5/h11-12H,6-10H2,1-5H3,(H,16,19)/t11-,12+/m1/s1. The fourth-order valence-corrected chi connectivity index (χ4v) is 2.60. The molecule has 0 radical (unpaired) electrons. The average Bonchev–Trinajstić information content (AvgIpc) is 2.69. The Morgan fingerprint density at radius 3 is 2.48 bits per heavy atom. The molecular weight excluding hydrogens is 272 g/mol. The number of esters is 1. The number of likely N-dealkylation sites (N-methyl/N-ethyl adjacent to an activating group) is 1. The van der Waals surface area contributed by atoms with Crippen LogP contribution in [0.3, 0.4) is 0 Å². The summed E-state index contributed by atoms with van der Waals surface area (Å²) in [5.74, 6) is -0.223. The van der Waals surface area contributed by atoms with Crippen molar-refractivity contribution in [3.05, 3.63) is 0 Å². The second-order valence-electron chi connectivity index (χ2n) is 6.25. The predicted molar refractivity (Wildman–Crippen MR) is 80.1 cm³/mol. The van der Waals surface area contributed by atoms with Crippen LogP contribution in [-0.4, -0.2) is 54.3 Å². The maximum atomic E-state index is 11.9. The number of hydrogen-bond donors (Lipinski definition) is 1. The molecule has 0 saturated carbocycles. The molecule has 1 saturated heterocycles. The molecule has 6 heteroatoms. The number of rotatable bonds is 5. The summed E-state index contributed by atoms with van der Waals surface area (Å²) in [5.41, 5.74) is -0.524. The molecule has 0 bridgehead atoms. The van der Waals surface area contributed by atoms with Crippen LogP contribution < -0.4 is 5.32 Å². The van der Waals surface area contributed by atoms with Crippen molar-refractivity contribution >= 4 is 12.1 Å². The van der Waals surface area contributed by atoms with E-state index in [9.17, 15) is 9.59 Å². The maximum absolute atomic E-state index is 11.9. The zero-order valence-corrected chi connectivity index (χ0v) is 13.8. The number of hydrogen-bond acceptors (Lipinski definition) is 5. The number of alkyl carbamates (subject to hydrolysis) is 1. The molecule has 6 nitrogen and oxygen atoms in total. The molecular formula is C15H28N2O4. The lowest BCUT2D eigenvalue weighted by atomic mass is 10.1.